The van der Waals surface area contributed by atoms with Crippen LogP contribution >= 0.6 is 0 Å². The van der Waals surface area contributed by atoms with Crippen molar-refractivity contribution in [3.8, 4) is 0 Å². The van der Waals surface area contributed by atoms with Crippen molar-refractivity contribution >= 4 is 17.6 Å². The zero-order valence-corrected chi connectivity index (χ0v) is 17.1. The van der Waals surface area contributed by atoms with Crippen molar-refractivity contribution in [1.82, 2.24) is 4.90 Å². The fraction of sp³-hybridized carbons (Fsp3) is 0.864. The van der Waals surface area contributed by atoms with Crippen molar-refractivity contribution in [2.24, 2.45) is 29.6 Å². The van der Waals surface area contributed by atoms with Gasteiger partial charge in [0.25, 0.3) is 0 Å². The van der Waals surface area contributed by atoms with Crippen LogP contribution in [0.4, 0.5) is 0 Å². The Morgan fingerprint density at radius 1 is 1.04 bits per heavy atom. The molecule has 2 amide bonds. The third-order valence-corrected chi connectivity index (χ3v) is 6.61. The minimum absolute atomic E-state index is 0.0118. The number of amides is 2. The van der Waals surface area contributed by atoms with Crippen LogP contribution in [0.5, 0.6) is 0 Å². The summed E-state index contributed by atoms with van der Waals surface area (Å²) in [6.07, 6.45) is 8.23. The van der Waals surface area contributed by atoms with Gasteiger partial charge in [0.15, 0.2) is 0 Å². The number of carbonyl (C=O) groups is 3. The molecular weight excluding hydrogens is 326 g/mol. The van der Waals surface area contributed by atoms with Gasteiger partial charge in [-0.1, -0.05) is 47.0 Å². The molecule has 0 bridgehead atoms. The minimum atomic E-state index is -0.115. The van der Waals surface area contributed by atoms with E-state index in [1.165, 1.54) is 4.90 Å². The molecular formula is C22H37NO3. The second-order valence-corrected chi connectivity index (χ2v) is 8.73. The molecule has 0 N–H and O–H groups in total. The number of rotatable bonds is 9. The maximum Gasteiger partial charge on any atom is 0.233 e. The van der Waals surface area contributed by atoms with E-state index >= 15 is 0 Å². The van der Waals surface area contributed by atoms with Gasteiger partial charge in [0.1, 0.15) is 5.78 Å². The van der Waals surface area contributed by atoms with E-state index in [1.54, 1.807) is 0 Å². The highest BCUT2D eigenvalue weighted by Crippen LogP contribution is 2.35. The zero-order valence-electron chi connectivity index (χ0n) is 17.1. The van der Waals surface area contributed by atoms with Crippen LogP contribution in [0.1, 0.15) is 85.5 Å². The lowest BCUT2D eigenvalue weighted by molar-refractivity contribution is -0.141. The molecule has 1 heterocycles. The molecule has 1 aliphatic carbocycles. The maximum absolute atomic E-state index is 12.7. The Kier molecular flexibility index (Phi) is 7.85. The SMILES string of the molecule is CCCC(C)C(=O)C1CCC(CN2C(=O)CC(C(C)CCC)C2=O)CC1. The van der Waals surface area contributed by atoms with Gasteiger partial charge in [-0.3, -0.25) is 19.3 Å². The molecule has 3 atom stereocenters. The third kappa shape index (κ3) is 4.95. The van der Waals surface area contributed by atoms with Gasteiger partial charge in [0.05, 0.1) is 0 Å². The van der Waals surface area contributed by atoms with Gasteiger partial charge in [0.2, 0.25) is 11.8 Å². The number of hydrogen-bond acceptors (Lipinski definition) is 3. The van der Waals surface area contributed by atoms with Crippen molar-refractivity contribution in [1.29, 1.82) is 0 Å². The lowest BCUT2D eigenvalue weighted by Gasteiger charge is -2.31. The van der Waals surface area contributed by atoms with E-state index in [2.05, 4.69) is 27.7 Å². The van der Waals surface area contributed by atoms with E-state index in [4.69, 9.17) is 0 Å². The first-order chi connectivity index (χ1) is 12.4. The Morgan fingerprint density at radius 2 is 1.65 bits per heavy atom. The number of nitrogens with zero attached hydrogens (tertiary/aromatic N) is 1. The maximum atomic E-state index is 12.7. The van der Waals surface area contributed by atoms with E-state index in [1.807, 2.05) is 0 Å². The number of Topliss-reactive ketones (excluding diaryl/α,β-unsaturated/α-hetero) is 1. The van der Waals surface area contributed by atoms with Crippen molar-refractivity contribution in [3.63, 3.8) is 0 Å². The Labute approximate surface area is 159 Å². The molecule has 4 nitrogen and oxygen atoms in total. The van der Waals surface area contributed by atoms with Crippen LogP contribution in [-0.4, -0.2) is 29.0 Å². The highest BCUT2D eigenvalue weighted by Gasteiger charge is 2.42. The molecule has 148 valence electrons. The summed E-state index contributed by atoms with van der Waals surface area (Å²) in [5.41, 5.74) is 0. The molecule has 4 heteroatoms. The van der Waals surface area contributed by atoms with Gasteiger partial charge in [-0.25, -0.2) is 0 Å². The first kappa shape index (κ1) is 21.1. The number of carbonyl (C=O) groups excluding carboxylic acids is 3. The molecule has 2 aliphatic rings. The Bertz CT molecular complexity index is 508. The summed E-state index contributed by atoms with van der Waals surface area (Å²) in [5.74, 6) is 1.38. The fourth-order valence-electron chi connectivity index (χ4n) is 4.87. The number of ketones is 1. The molecule has 1 saturated heterocycles. The standard InChI is InChI=1S/C22H37NO3/c1-5-7-15(3)19-13-20(24)23(22(19)26)14-17-9-11-18(12-10-17)21(25)16(4)8-6-2/h15-19H,5-14H2,1-4H3. The second kappa shape index (κ2) is 9.66. The first-order valence-electron chi connectivity index (χ1n) is 10.8. The summed E-state index contributed by atoms with van der Waals surface area (Å²) in [6, 6.07) is 0. The van der Waals surface area contributed by atoms with Gasteiger partial charge in [-0.15, -0.1) is 0 Å². The first-order valence-corrected chi connectivity index (χ1v) is 10.8. The number of imide groups is 1. The predicted molar refractivity (Wildman–Crippen MR) is 103 cm³/mol. The van der Waals surface area contributed by atoms with Crippen LogP contribution in [-0.2, 0) is 14.4 Å². The molecule has 2 rings (SSSR count). The molecule has 0 aromatic carbocycles. The van der Waals surface area contributed by atoms with Crippen LogP contribution in [0.3, 0.4) is 0 Å². The molecule has 0 radical (unpaired) electrons. The van der Waals surface area contributed by atoms with Gasteiger partial charge in [0, 0.05) is 30.7 Å². The normalized spacial score (nSPS) is 29.1. The molecule has 3 unspecified atom stereocenters. The molecule has 2 fully saturated rings. The summed E-state index contributed by atoms with van der Waals surface area (Å²) in [6.45, 7) is 8.96. The number of hydrogen-bond donors (Lipinski definition) is 0. The highest BCUT2D eigenvalue weighted by molar-refractivity contribution is 6.03. The van der Waals surface area contributed by atoms with Crippen LogP contribution in [0.25, 0.3) is 0 Å². The van der Waals surface area contributed by atoms with E-state index in [0.29, 0.717) is 24.7 Å². The second-order valence-electron chi connectivity index (χ2n) is 8.73. The van der Waals surface area contributed by atoms with E-state index in [9.17, 15) is 14.4 Å². The van der Waals surface area contributed by atoms with Gasteiger partial charge in [-0.2, -0.15) is 0 Å². The minimum Gasteiger partial charge on any atom is -0.299 e. The molecule has 1 saturated carbocycles. The lowest BCUT2D eigenvalue weighted by Crippen LogP contribution is -2.38. The van der Waals surface area contributed by atoms with E-state index < -0.39 is 0 Å². The third-order valence-electron chi connectivity index (χ3n) is 6.61. The van der Waals surface area contributed by atoms with Crippen molar-refractivity contribution in [2.45, 2.75) is 85.5 Å². The predicted octanol–water partition coefficient (Wildman–Crippen LogP) is 4.61. The van der Waals surface area contributed by atoms with Gasteiger partial charge < -0.3 is 0 Å². The number of likely N-dealkylation sites (tertiary alicyclic amines) is 1. The summed E-state index contributed by atoms with van der Waals surface area (Å²) >= 11 is 0. The Hall–Kier alpha value is -1.19. The van der Waals surface area contributed by atoms with Crippen molar-refractivity contribution in [3.05, 3.63) is 0 Å². The summed E-state index contributed by atoms with van der Waals surface area (Å²) in [7, 11) is 0. The zero-order chi connectivity index (χ0) is 19.3. The van der Waals surface area contributed by atoms with E-state index in [-0.39, 0.29) is 35.5 Å². The van der Waals surface area contributed by atoms with E-state index in [0.717, 1.165) is 51.4 Å². The smallest absolute Gasteiger partial charge is 0.233 e. The van der Waals surface area contributed by atoms with Crippen LogP contribution < -0.4 is 0 Å². The molecule has 1 aliphatic heterocycles. The van der Waals surface area contributed by atoms with Gasteiger partial charge >= 0.3 is 0 Å². The van der Waals surface area contributed by atoms with Crippen molar-refractivity contribution in [2.75, 3.05) is 6.54 Å². The quantitative estimate of drug-likeness (QED) is 0.562. The molecule has 0 aromatic heterocycles. The molecule has 0 aromatic rings. The average Bonchev–Trinajstić information content (AvgIpc) is 2.90. The van der Waals surface area contributed by atoms with Crippen LogP contribution in [0.2, 0.25) is 0 Å². The summed E-state index contributed by atoms with van der Waals surface area (Å²) in [5, 5.41) is 0. The largest absolute Gasteiger partial charge is 0.299 e. The Balaban J connectivity index is 1.84. The summed E-state index contributed by atoms with van der Waals surface area (Å²) in [4.78, 5) is 39.1. The van der Waals surface area contributed by atoms with Gasteiger partial charge in [-0.05, 0) is 43.9 Å². The monoisotopic (exact) mass is 363 g/mol. The van der Waals surface area contributed by atoms with Crippen LogP contribution in [0.15, 0.2) is 0 Å². The topological polar surface area (TPSA) is 54.5 Å². The van der Waals surface area contributed by atoms with Crippen molar-refractivity contribution < 1.29 is 14.4 Å². The Morgan fingerprint density at radius 3 is 2.23 bits per heavy atom. The van der Waals surface area contributed by atoms with Crippen LogP contribution in [0, 0.1) is 29.6 Å². The molecule has 26 heavy (non-hydrogen) atoms. The fourth-order valence-corrected chi connectivity index (χ4v) is 4.87. The molecule has 0 spiro atoms. The summed E-state index contributed by atoms with van der Waals surface area (Å²) < 4.78 is 0. The highest BCUT2D eigenvalue weighted by atomic mass is 16.2. The average molecular weight is 364 g/mol. The lowest BCUT2D eigenvalue weighted by atomic mass is 9.76.